The average molecular weight is 268 g/mol. The van der Waals surface area contributed by atoms with Crippen LogP contribution >= 0.6 is 0 Å². The number of quaternary nitrogens is 1. The van der Waals surface area contributed by atoms with Crippen molar-refractivity contribution >= 4 is 26.5 Å². The van der Waals surface area contributed by atoms with Crippen LogP contribution in [0.4, 0.5) is 10.2 Å². The summed E-state index contributed by atoms with van der Waals surface area (Å²) in [5.74, 6) is -0.165. The Balaban J connectivity index is 2.55. The first-order valence-corrected chi connectivity index (χ1v) is 7.45. The van der Waals surface area contributed by atoms with Gasteiger partial charge in [0.25, 0.3) is 0 Å². The van der Waals surface area contributed by atoms with Crippen LogP contribution in [0.3, 0.4) is 0 Å². The van der Waals surface area contributed by atoms with E-state index in [2.05, 4.69) is 0 Å². The summed E-state index contributed by atoms with van der Waals surface area (Å²) in [6, 6.07) is 12.2. The van der Waals surface area contributed by atoms with E-state index in [1.807, 2.05) is 18.2 Å². The molecular formula is C13H15FNO2S+. The minimum atomic E-state index is -3.80. The minimum Gasteiger partial charge on any atom is -0.170 e. The Morgan fingerprint density at radius 2 is 1.78 bits per heavy atom. The maximum absolute atomic E-state index is 14.2. The molecule has 1 unspecified atom stereocenters. The lowest BCUT2D eigenvalue weighted by Crippen LogP contribution is -3.02. The van der Waals surface area contributed by atoms with Crippen molar-refractivity contribution in [3.63, 3.8) is 0 Å². The summed E-state index contributed by atoms with van der Waals surface area (Å²) in [5.41, 5.74) is 0.154. The normalized spacial score (nSPS) is 13.7. The number of hydrogen-bond donors (Lipinski definition) is 1. The fourth-order valence-corrected chi connectivity index (χ4v) is 3.15. The molecule has 0 aliphatic heterocycles. The zero-order chi connectivity index (χ0) is 13.2. The molecule has 5 heteroatoms. The zero-order valence-corrected chi connectivity index (χ0v) is 10.9. The summed E-state index contributed by atoms with van der Waals surface area (Å²) in [6.07, 6.45) is 0.403. The molecule has 0 bridgehead atoms. The molecule has 2 aromatic carbocycles. The SMILES string of the molecule is CCCS(=O)(=O)[NH+](F)c1cccc2ccccc12. The molecule has 0 saturated carbocycles. The van der Waals surface area contributed by atoms with E-state index in [4.69, 9.17) is 0 Å². The van der Waals surface area contributed by atoms with Gasteiger partial charge in [0.05, 0.1) is 0 Å². The van der Waals surface area contributed by atoms with Crippen molar-refractivity contribution in [2.75, 3.05) is 5.75 Å². The van der Waals surface area contributed by atoms with Gasteiger partial charge in [-0.15, -0.1) is 0 Å². The van der Waals surface area contributed by atoms with Crippen LogP contribution in [0.25, 0.3) is 10.8 Å². The van der Waals surface area contributed by atoms with E-state index in [9.17, 15) is 12.9 Å². The Hall–Kier alpha value is -1.46. The second-order valence-corrected chi connectivity index (χ2v) is 6.12. The molecule has 0 radical (unpaired) electrons. The number of hydrogen-bond acceptors (Lipinski definition) is 2. The molecule has 0 aliphatic rings. The summed E-state index contributed by atoms with van der Waals surface area (Å²) in [5, 5.41) is 1.45. The molecule has 3 nitrogen and oxygen atoms in total. The number of nitrogens with one attached hydrogen (secondary N) is 1. The second-order valence-electron chi connectivity index (χ2n) is 4.12. The monoisotopic (exact) mass is 268 g/mol. The molecule has 1 N–H and O–H groups in total. The standard InChI is InChI=1S/C13H14FNO2S/c1-2-10-18(16,17)15(14)13-9-5-7-11-6-3-4-8-12(11)13/h3-9H,2,10H2,1H3/p+1. The average Bonchev–Trinajstić information content (AvgIpc) is 2.37. The fourth-order valence-electron chi connectivity index (χ4n) is 1.92. The Bertz CT molecular complexity index is 650. The van der Waals surface area contributed by atoms with Crippen LogP contribution in [0.2, 0.25) is 0 Å². The number of sulfonamides is 1. The van der Waals surface area contributed by atoms with Gasteiger partial charge in [0.2, 0.25) is 0 Å². The highest BCUT2D eigenvalue weighted by Crippen LogP contribution is 2.20. The largest absolute Gasteiger partial charge is 0.335 e. The van der Waals surface area contributed by atoms with E-state index in [-0.39, 0.29) is 11.4 Å². The molecule has 0 spiro atoms. The molecule has 96 valence electrons. The first-order valence-electron chi connectivity index (χ1n) is 5.79. The Kier molecular flexibility index (Phi) is 3.63. The molecule has 0 fully saturated rings. The van der Waals surface area contributed by atoms with Crippen LogP contribution in [0, 0.1) is 0 Å². The van der Waals surface area contributed by atoms with Gasteiger partial charge in [0.15, 0.2) is 5.69 Å². The second kappa shape index (κ2) is 5.04. The molecule has 1 atom stereocenters. The third-order valence-corrected chi connectivity index (χ3v) is 4.46. The fraction of sp³-hybridized carbons (Fsp3) is 0.231. The lowest BCUT2D eigenvalue weighted by molar-refractivity contribution is -0.860. The van der Waals surface area contributed by atoms with E-state index in [0.717, 1.165) is 5.39 Å². The molecule has 0 aliphatic carbocycles. The van der Waals surface area contributed by atoms with Crippen LogP contribution in [0.15, 0.2) is 42.5 Å². The zero-order valence-electron chi connectivity index (χ0n) is 10.1. The van der Waals surface area contributed by atoms with Crippen molar-refractivity contribution in [2.24, 2.45) is 0 Å². The first kappa shape index (κ1) is 13.0. The predicted molar refractivity (Wildman–Crippen MR) is 69.8 cm³/mol. The third kappa shape index (κ3) is 2.37. The first-order chi connectivity index (χ1) is 8.56. The molecule has 2 aromatic rings. The summed E-state index contributed by atoms with van der Waals surface area (Å²) < 4.78 is 36.7. The quantitative estimate of drug-likeness (QED) is 0.861. The lowest BCUT2D eigenvalue weighted by Gasteiger charge is -2.09. The third-order valence-electron chi connectivity index (χ3n) is 2.75. The number of benzene rings is 2. The van der Waals surface area contributed by atoms with Crippen LogP contribution in [-0.4, -0.2) is 14.2 Å². The van der Waals surface area contributed by atoms with Crippen LogP contribution in [-0.2, 0) is 10.0 Å². The molecule has 18 heavy (non-hydrogen) atoms. The molecule has 0 saturated heterocycles. The summed E-state index contributed by atoms with van der Waals surface area (Å²) >= 11 is 0. The van der Waals surface area contributed by atoms with Gasteiger partial charge in [0.1, 0.15) is 5.75 Å². The smallest absolute Gasteiger partial charge is 0.170 e. The number of rotatable bonds is 4. The minimum absolute atomic E-state index is 0.154. The highest BCUT2D eigenvalue weighted by atomic mass is 32.2. The van der Waals surface area contributed by atoms with Gasteiger partial charge in [-0.2, -0.15) is 8.42 Å². The van der Waals surface area contributed by atoms with Crippen molar-refractivity contribution in [1.82, 2.24) is 0 Å². The van der Waals surface area contributed by atoms with Crippen LogP contribution < -0.4 is 4.53 Å². The summed E-state index contributed by atoms with van der Waals surface area (Å²) in [7, 11) is -3.80. The van der Waals surface area contributed by atoms with E-state index in [1.165, 1.54) is 6.07 Å². The van der Waals surface area contributed by atoms with Crippen LogP contribution in [0.1, 0.15) is 13.3 Å². The van der Waals surface area contributed by atoms with Crippen molar-refractivity contribution in [3.8, 4) is 0 Å². The summed E-state index contributed by atoms with van der Waals surface area (Å²) in [4.78, 5) is 0. The molecule has 0 amide bonds. The van der Waals surface area contributed by atoms with Gasteiger partial charge >= 0.3 is 10.0 Å². The Morgan fingerprint density at radius 1 is 1.11 bits per heavy atom. The van der Waals surface area contributed by atoms with Gasteiger partial charge in [-0.05, 0) is 22.4 Å². The lowest BCUT2D eigenvalue weighted by atomic mass is 10.1. The van der Waals surface area contributed by atoms with Gasteiger partial charge in [-0.1, -0.05) is 37.3 Å². The van der Waals surface area contributed by atoms with Gasteiger partial charge in [0, 0.05) is 15.9 Å². The Labute approximate surface area is 106 Å². The van der Waals surface area contributed by atoms with E-state index < -0.39 is 14.6 Å². The number of halogens is 1. The van der Waals surface area contributed by atoms with Gasteiger partial charge in [-0.25, -0.2) is 0 Å². The predicted octanol–water partition coefficient (Wildman–Crippen LogP) is 1.98. The molecule has 0 aromatic heterocycles. The maximum Gasteiger partial charge on any atom is 0.335 e. The van der Waals surface area contributed by atoms with Gasteiger partial charge in [-0.3, -0.25) is 0 Å². The topological polar surface area (TPSA) is 38.6 Å². The molecule has 2 rings (SSSR count). The maximum atomic E-state index is 14.2. The van der Waals surface area contributed by atoms with Gasteiger partial charge < -0.3 is 0 Å². The van der Waals surface area contributed by atoms with Crippen molar-refractivity contribution in [2.45, 2.75) is 13.3 Å². The van der Waals surface area contributed by atoms with Crippen LogP contribution in [0.5, 0.6) is 0 Å². The highest BCUT2D eigenvalue weighted by Gasteiger charge is 2.29. The van der Waals surface area contributed by atoms with Crippen molar-refractivity contribution in [3.05, 3.63) is 42.5 Å². The van der Waals surface area contributed by atoms with E-state index in [0.29, 0.717) is 11.8 Å². The highest BCUT2D eigenvalue weighted by molar-refractivity contribution is 7.85. The van der Waals surface area contributed by atoms with E-state index in [1.54, 1.807) is 25.1 Å². The van der Waals surface area contributed by atoms with Crippen molar-refractivity contribution in [1.29, 1.82) is 0 Å². The number of fused-ring (bicyclic) bond motifs is 1. The van der Waals surface area contributed by atoms with Crippen molar-refractivity contribution < 1.29 is 17.4 Å². The molecular weight excluding hydrogens is 253 g/mol. The Morgan fingerprint density at radius 3 is 2.50 bits per heavy atom. The summed E-state index contributed by atoms with van der Waals surface area (Å²) in [6.45, 7) is 1.72. The molecule has 0 heterocycles. The van der Waals surface area contributed by atoms with E-state index >= 15 is 0 Å².